The van der Waals surface area contributed by atoms with Crippen molar-refractivity contribution < 1.29 is 10.0 Å². The molecule has 4 nitrogen and oxygen atoms in total. The van der Waals surface area contributed by atoms with Crippen molar-refractivity contribution in [2.45, 2.75) is 39.5 Å². The van der Waals surface area contributed by atoms with E-state index in [-0.39, 0.29) is 23.3 Å². The molecular formula is C18H21NO3. The Kier molecular flexibility index (Phi) is 4.50. The second-order valence-electron chi connectivity index (χ2n) is 6.09. The first-order valence-electron chi connectivity index (χ1n) is 7.43. The Bertz CT molecular complexity index is 705. The molecule has 0 amide bonds. The molecule has 0 radical (unpaired) electrons. The molecule has 4 heteroatoms. The van der Waals surface area contributed by atoms with Gasteiger partial charge in [-0.2, -0.15) is 0 Å². The van der Waals surface area contributed by atoms with Gasteiger partial charge in [-0.25, -0.2) is 0 Å². The highest BCUT2D eigenvalue weighted by Gasteiger charge is 2.22. The van der Waals surface area contributed by atoms with E-state index in [1.807, 2.05) is 19.9 Å². The Morgan fingerprint density at radius 2 is 1.68 bits per heavy atom. The molecule has 0 saturated heterocycles. The van der Waals surface area contributed by atoms with Gasteiger partial charge in [-0.15, -0.1) is 0 Å². The summed E-state index contributed by atoms with van der Waals surface area (Å²) in [6.07, 6.45) is 0. The minimum atomic E-state index is -0.408. The van der Waals surface area contributed by atoms with Crippen LogP contribution in [0.2, 0.25) is 0 Å². The quantitative estimate of drug-likeness (QED) is 0.622. The number of nitro benzene ring substituents is 1. The Labute approximate surface area is 130 Å². The summed E-state index contributed by atoms with van der Waals surface area (Å²) < 4.78 is 0. The highest BCUT2D eigenvalue weighted by molar-refractivity contribution is 5.81. The molecule has 116 valence electrons. The van der Waals surface area contributed by atoms with Gasteiger partial charge in [0.05, 0.1) is 10.5 Å². The summed E-state index contributed by atoms with van der Waals surface area (Å²) in [6, 6.07) is 10.3. The van der Waals surface area contributed by atoms with Crippen molar-refractivity contribution in [3.63, 3.8) is 0 Å². The van der Waals surface area contributed by atoms with Crippen LogP contribution >= 0.6 is 0 Å². The van der Waals surface area contributed by atoms with Gasteiger partial charge in [0.15, 0.2) is 0 Å². The Morgan fingerprint density at radius 3 is 2.23 bits per heavy atom. The maximum atomic E-state index is 11.3. The van der Waals surface area contributed by atoms with Gasteiger partial charge in [0, 0.05) is 11.6 Å². The SMILES string of the molecule is CC(C)c1cc(O)c(-c2ccccc2[N+](=O)[O-])c(C(C)C)c1. The van der Waals surface area contributed by atoms with E-state index >= 15 is 0 Å². The highest BCUT2D eigenvalue weighted by atomic mass is 16.6. The van der Waals surface area contributed by atoms with E-state index in [1.54, 1.807) is 24.3 Å². The zero-order valence-corrected chi connectivity index (χ0v) is 13.3. The number of para-hydroxylation sites is 1. The third-order valence-electron chi connectivity index (χ3n) is 3.83. The molecule has 0 unspecified atom stereocenters. The molecule has 0 atom stereocenters. The molecule has 2 aromatic carbocycles. The van der Waals surface area contributed by atoms with Crippen LogP contribution in [0.25, 0.3) is 11.1 Å². The predicted molar refractivity (Wildman–Crippen MR) is 88.4 cm³/mol. The van der Waals surface area contributed by atoms with Crippen LogP contribution in [-0.4, -0.2) is 10.0 Å². The lowest BCUT2D eigenvalue weighted by atomic mass is 9.87. The maximum Gasteiger partial charge on any atom is 0.277 e. The number of hydrogen-bond donors (Lipinski definition) is 1. The van der Waals surface area contributed by atoms with Crippen LogP contribution in [0.3, 0.4) is 0 Å². The van der Waals surface area contributed by atoms with Gasteiger partial charge in [-0.05, 0) is 35.1 Å². The van der Waals surface area contributed by atoms with Crippen molar-refractivity contribution in [1.82, 2.24) is 0 Å². The molecular weight excluding hydrogens is 278 g/mol. The minimum absolute atomic E-state index is 0.0111. The topological polar surface area (TPSA) is 63.4 Å². The Hall–Kier alpha value is -2.36. The standard InChI is InChI=1S/C18H21NO3/c1-11(2)13-9-15(12(3)4)18(17(20)10-13)14-7-5-6-8-16(14)19(21)22/h5-12,20H,1-4H3. The van der Waals surface area contributed by atoms with Crippen LogP contribution in [0.5, 0.6) is 5.75 Å². The number of benzene rings is 2. The van der Waals surface area contributed by atoms with Crippen molar-refractivity contribution in [1.29, 1.82) is 0 Å². The Balaban J connectivity index is 2.78. The van der Waals surface area contributed by atoms with Gasteiger partial charge in [0.25, 0.3) is 5.69 Å². The molecule has 0 saturated carbocycles. The summed E-state index contributed by atoms with van der Waals surface area (Å²) in [5.41, 5.74) is 2.99. The van der Waals surface area contributed by atoms with Crippen LogP contribution in [-0.2, 0) is 0 Å². The van der Waals surface area contributed by atoms with E-state index in [2.05, 4.69) is 13.8 Å². The summed E-state index contributed by atoms with van der Waals surface area (Å²) >= 11 is 0. The zero-order valence-electron chi connectivity index (χ0n) is 13.3. The maximum absolute atomic E-state index is 11.3. The molecule has 0 aliphatic heterocycles. The normalized spacial score (nSPS) is 11.2. The number of phenols is 1. The number of phenolic OH excluding ortho intramolecular Hbond substituents is 1. The number of nitro groups is 1. The predicted octanol–water partition coefficient (Wildman–Crippen LogP) is 5.21. The molecule has 2 aromatic rings. The summed E-state index contributed by atoms with van der Waals surface area (Å²) in [4.78, 5) is 10.9. The molecule has 0 heterocycles. The molecule has 0 bridgehead atoms. The van der Waals surface area contributed by atoms with Gasteiger partial charge in [0.2, 0.25) is 0 Å². The molecule has 2 rings (SSSR count). The third-order valence-corrected chi connectivity index (χ3v) is 3.83. The molecule has 0 aliphatic carbocycles. The van der Waals surface area contributed by atoms with E-state index in [9.17, 15) is 15.2 Å². The number of hydrogen-bond acceptors (Lipinski definition) is 3. The van der Waals surface area contributed by atoms with E-state index < -0.39 is 4.92 Å². The highest BCUT2D eigenvalue weighted by Crippen LogP contribution is 2.42. The van der Waals surface area contributed by atoms with Crippen LogP contribution in [0.4, 0.5) is 5.69 Å². The van der Waals surface area contributed by atoms with Crippen molar-refractivity contribution in [3.8, 4) is 16.9 Å². The molecule has 22 heavy (non-hydrogen) atoms. The lowest BCUT2D eigenvalue weighted by molar-refractivity contribution is -0.384. The van der Waals surface area contributed by atoms with Gasteiger partial charge in [-0.1, -0.05) is 45.9 Å². The average molecular weight is 299 g/mol. The fourth-order valence-corrected chi connectivity index (χ4v) is 2.60. The van der Waals surface area contributed by atoms with E-state index in [0.717, 1.165) is 11.1 Å². The lowest BCUT2D eigenvalue weighted by Crippen LogP contribution is -2.00. The van der Waals surface area contributed by atoms with Crippen LogP contribution in [0.15, 0.2) is 36.4 Å². The zero-order chi connectivity index (χ0) is 16.4. The summed E-state index contributed by atoms with van der Waals surface area (Å²) in [5.74, 6) is 0.534. The van der Waals surface area contributed by atoms with Crippen molar-refractivity contribution in [3.05, 3.63) is 57.6 Å². The number of nitrogens with zero attached hydrogens (tertiary/aromatic N) is 1. The summed E-state index contributed by atoms with van der Waals surface area (Å²) in [6.45, 7) is 8.17. The largest absolute Gasteiger partial charge is 0.507 e. The Morgan fingerprint density at radius 1 is 1.05 bits per heavy atom. The van der Waals surface area contributed by atoms with Crippen LogP contribution in [0, 0.1) is 10.1 Å². The fourth-order valence-electron chi connectivity index (χ4n) is 2.60. The summed E-state index contributed by atoms with van der Waals surface area (Å²) in [5, 5.41) is 21.8. The van der Waals surface area contributed by atoms with Gasteiger partial charge in [-0.3, -0.25) is 10.1 Å². The fraction of sp³-hybridized carbons (Fsp3) is 0.333. The second kappa shape index (κ2) is 6.18. The summed E-state index contributed by atoms with van der Waals surface area (Å²) in [7, 11) is 0. The monoisotopic (exact) mass is 299 g/mol. The van der Waals surface area contributed by atoms with Crippen LogP contribution in [0.1, 0.15) is 50.7 Å². The molecule has 0 aliphatic rings. The molecule has 0 aromatic heterocycles. The number of aromatic hydroxyl groups is 1. The molecule has 0 spiro atoms. The van der Waals surface area contributed by atoms with Gasteiger partial charge >= 0.3 is 0 Å². The van der Waals surface area contributed by atoms with Crippen LogP contribution < -0.4 is 0 Å². The minimum Gasteiger partial charge on any atom is -0.507 e. The molecule has 0 fully saturated rings. The number of rotatable bonds is 4. The van der Waals surface area contributed by atoms with E-state index in [1.165, 1.54) is 6.07 Å². The second-order valence-corrected chi connectivity index (χ2v) is 6.09. The first-order chi connectivity index (χ1) is 10.3. The molecule has 1 N–H and O–H groups in total. The lowest BCUT2D eigenvalue weighted by Gasteiger charge is -2.18. The van der Waals surface area contributed by atoms with Gasteiger partial charge in [0.1, 0.15) is 5.75 Å². The smallest absolute Gasteiger partial charge is 0.277 e. The first kappa shape index (κ1) is 16.0. The van der Waals surface area contributed by atoms with Crippen molar-refractivity contribution in [2.24, 2.45) is 0 Å². The van der Waals surface area contributed by atoms with Gasteiger partial charge < -0.3 is 5.11 Å². The van der Waals surface area contributed by atoms with E-state index in [4.69, 9.17) is 0 Å². The van der Waals surface area contributed by atoms with Crippen molar-refractivity contribution in [2.75, 3.05) is 0 Å². The van der Waals surface area contributed by atoms with Crippen molar-refractivity contribution >= 4 is 5.69 Å². The third kappa shape index (κ3) is 2.96. The first-order valence-corrected chi connectivity index (χ1v) is 7.43. The van der Waals surface area contributed by atoms with E-state index in [0.29, 0.717) is 11.1 Å². The average Bonchev–Trinajstić information content (AvgIpc) is 2.46.